The normalized spacial score (nSPS) is 16.4. The topological polar surface area (TPSA) is 55.6 Å². The van der Waals surface area contributed by atoms with Gasteiger partial charge in [-0.25, -0.2) is 0 Å². The maximum Gasteiger partial charge on any atom is 0.248 e. The summed E-state index contributed by atoms with van der Waals surface area (Å²) in [6.45, 7) is 0. The van der Waals surface area contributed by atoms with Crippen molar-refractivity contribution in [3.05, 3.63) is 75.2 Å². The molecule has 0 fully saturated rings. The van der Waals surface area contributed by atoms with Crippen LogP contribution >= 0.6 is 27.5 Å². The molecular formula is C16H11BrClN5. The lowest BCUT2D eigenvalue weighted by atomic mass is 10.0. The van der Waals surface area contributed by atoms with Gasteiger partial charge in [0.05, 0.1) is 0 Å². The number of hydrogen-bond acceptors (Lipinski definition) is 4. The van der Waals surface area contributed by atoms with Crippen LogP contribution in [0.25, 0.3) is 5.70 Å². The number of rotatable bonds is 2. The standard InChI is InChI=1S/C16H11BrClN5/c17-12-5-1-10(2-6-12)14-9-15(11-3-7-13(18)8-4-11)23-16(19-14)20-21-22-23/h1-9,15H,(H,19,20,22)/t15-/m1/s1. The van der Waals surface area contributed by atoms with Crippen molar-refractivity contribution >= 4 is 39.2 Å². The summed E-state index contributed by atoms with van der Waals surface area (Å²) in [6, 6.07) is 15.7. The third kappa shape index (κ3) is 2.75. The molecule has 114 valence electrons. The van der Waals surface area contributed by atoms with Crippen LogP contribution in [0.2, 0.25) is 5.02 Å². The molecule has 23 heavy (non-hydrogen) atoms. The zero-order chi connectivity index (χ0) is 15.8. The minimum atomic E-state index is -0.0860. The summed E-state index contributed by atoms with van der Waals surface area (Å²) in [4.78, 5) is 0. The van der Waals surface area contributed by atoms with Gasteiger partial charge in [-0.1, -0.05) is 56.9 Å². The molecule has 0 amide bonds. The Morgan fingerprint density at radius 3 is 2.52 bits per heavy atom. The fraction of sp³-hybridized carbons (Fsp3) is 0.0625. The summed E-state index contributed by atoms with van der Waals surface area (Å²) >= 11 is 9.45. The summed E-state index contributed by atoms with van der Waals surface area (Å²) in [6.07, 6.45) is 2.11. The van der Waals surface area contributed by atoms with E-state index >= 15 is 0 Å². The fourth-order valence-corrected chi connectivity index (χ4v) is 2.94. The van der Waals surface area contributed by atoms with Crippen LogP contribution in [0, 0.1) is 0 Å². The number of nitrogens with one attached hydrogen (secondary N) is 1. The van der Waals surface area contributed by atoms with Crippen LogP contribution in [0.1, 0.15) is 17.2 Å². The van der Waals surface area contributed by atoms with E-state index in [9.17, 15) is 0 Å². The highest BCUT2D eigenvalue weighted by Crippen LogP contribution is 2.32. The van der Waals surface area contributed by atoms with Gasteiger partial charge >= 0.3 is 0 Å². The number of nitrogens with zero attached hydrogens (tertiary/aromatic N) is 4. The molecular weight excluding hydrogens is 378 g/mol. The number of anilines is 1. The largest absolute Gasteiger partial charge is 0.323 e. The van der Waals surface area contributed by atoms with Gasteiger partial charge in [-0.2, -0.15) is 4.68 Å². The van der Waals surface area contributed by atoms with Crippen molar-refractivity contribution in [3.8, 4) is 0 Å². The Kier molecular flexibility index (Phi) is 3.63. The molecule has 0 aliphatic carbocycles. The Morgan fingerprint density at radius 2 is 1.78 bits per heavy atom. The molecule has 0 radical (unpaired) electrons. The van der Waals surface area contributed by atoms with Crippen LogP contribution in [0.3, 0.4) is 0 Å². The first-order valence-electron chi connectivity index (χ1n) is 6.99. The van der Waals surface area contributed by atoms with E-state index in [-0.39, 0.29) is 6.04 Å². The van der Waals surface area contributed by atoms with E-state index in [1.54, 1.807) is 4.68 Å². The van der Waals surface area contributed by atoms with Crippen LogP contribution in [0.4, 0.5) is 5.95 Å². The minimum Gasteiger partial charge on any atom is -0.323 e. The predicted octanol–water partition coefficient (Wildman–Crippen LogP) is 4.15. The summed E-state index contributed by atoms with van der Waals surface area (Å²) in [5.74, 6) is 0.616. The van der Waals surface area contributed by atoms with Crippen LogP contribution in [0.15, 0.2) is 59.1 Å². The molecule has 0 bridgehead atoms. The smallest absolute Gasteiger partial charge is 0.248 e. The molecule has 0 saturated heterocycles. The molecule has 0 saturated carbocycles. The number of fused-ring (bicyclic) bond motifs is 1. The van der Waals surface area contributed by atoms with E-state index in [4.69, 9.17) is 11.6 Å². The van der Waals surface area contributed by atoms with Gasteiger partial charge in [0, 0.05) is 15.2 Å². The molecule has 1 atom stereocenters. The highest BCUT2D eigenvalue weighted by atomic mass is 79.9. The van der Waals surface area contributed by atoms with Crippen molar-refractivity contribution in [2.24, 2.45) is 0 Å². The first kappa shape index (κ1) is 14.4. The molecule has 1 aromatic heterocycles. The quantitative estimate of drug-likeness (QED) is 0.717. The highest BCUT2D eigenvalue weighted by Gasteiger charge is 2.24. The van der Waals surface area contributed by atoms with Gasteiger partial charge < -0.3 is 5.32 Å². The van der Waals surface area contributed by atoms with Crippen LogP contribution < -0.4 is 5.32 Å². The summed E-state index contributed by atoms with van der Waals surface area (Å²) in [5, 5.41) is 15.9. The molecule has 7 heteroatoms. The van der Waals surface area contributed by atoms with E-state index in [1.165, 1.54) is 0 Å². The third-order valence-electron chi connectivity index (χ3n) is 3.69. The van der Waals surface area contributed by atoms with E-state index in [1.807, 2.05) is 48.5 Å². The minimum absolute atomic E-state index is 0.0860. The molecule has 1 aliphatic rings. The first-order chi connectivity index (χ1) is 11.2. The molecule has 2 heterocycles. The zero-order valence-electron chi connectivity index (χ0n) is 11.8. The van der Waals surface area contributed by atoms with Crippen molar-refractivity contribution < 1.29 is 0 Å². The maximum atomic E-state index is 5.99. The Morgan fingerprint density at radius 1 is 1.04 bits per heavy atom. The van der Waals surface area contributed by atoms with E-state index in [2.05, 4.69) is 42.8 Å². The molecule has 2 aromatic carbocycles. The first-order valence-corrected chi connectivity index (χ1v) is 8.16. The average Bonchev–Trinajstić information content (AvgIpc) is 3.04. The van der Waals surface area contributed by atoms with E-state index in [0.717, 1.165) is 21.3 Å². The molecule has 1 N–H and O–H groups in total. The summed E-state index contributed by atoms with van der Waals surface area (Å²) < 4.78 is 2.79. The van der Waals surface area contributed by atoms with Gasteiger partial charge in [-0.15, -0.1) is 0 Å². The van der Waals surface area contributed by atoms with Crippen molar-refractivity contribution in [1.82, 2.24) is 20.2 Å². The van der Waals surface area contributed by atoms with Crippen LogP contribution in [-0.2, 0) is 0 Å². The number of allylic oxidation sites excluding steroid dienone is 1. The Bertz CT molecular complexity index is 870. The van der Waals surface area contributed by atoms with Crippen molar-refractivity contribution in [1.29, 1.82) is 0 Å². The average molecular weight is 389 g/mol. The number of tetrazole rings is 1. The lowest BCUT2D eigenvalue weighted by Gasteiger charge is -2.23. The lowest BCUT2D eigenvalue weighted by Crippen LogP contribution is -2.20. The van der Waals surface area contributed by atoms with Crippen LogP contribution in [-0.4, -0.2) is 20.2 Å². The molecule has 4 rings (SSSR count). The highest BCUT2D eigenvalue weighted by molar-refractivity contribution is 9.10. The predicted molar refractivity (Wildman–Crippen MR) is 93.1 cm³/mol. The fourth-order valence-electron chi connectivity index (χ4n) is 2.55. The summed E-state index contributed by atoms with van der Waals surface area (Å²) in [7, 11) is 0. The van der Waals surface area contributed by atoms with Crippen LogP contribution in [0.5, 0.6) is 0 Å². The second kappa shape index (κ2) is 5.79. The Hall–Kier alpha value is -2.18. The molecule has 5 nitrogen and oxygen atoms in total. The second-order valence-corrected chi connectivity index (χ2v) is 6.51. The molecule has 1 aliphatic heterocycles. The van der Waals surface area contributed by atoms with Gasteiger partial charge in [-0.3, -0.25) is 0 Å². The number of benzene rings is 2. The maximum absolute atomic E-state index is 5.99. The zero-order valence-corrected chi connectivity index (χ0v) is 14.2. The lowest BCUT2D eigenvalue weighted by molar-refractivity contribution is 0.586. The molecule has 0 spiro atoms. The Balaban J connectivity index is 1.79. The van der Waals surface area contributed by atoms with Gasteiger partial charge in [0.25, 0.3) is 0 Å². The molecule has 3 aromatic rings. The van der Waals surface area contributed by atoms with E-state index in [0.29, 0.717) is 11.0 Å². The van der Waals surface area contributed by atoms with Gasteiger partial charge in [-0.05, 0) is 51.9 Å². The Labute approximate surface area is 146 Å². The van der Waals surface area contributed by atoms with Gasteiger partial charge in [0.1, 0.15) is 6.04 Å². The number of aromatic nitrogens is 4. The van der Waals surface area contributed by atoms with Crippen molar-refractivity contribution in [3.63, 3.8) is 0 Å². The molecule has 0 unspecified atom stereocenters. The van der Waals surface area contributed by atoms with Crippen molar-refractivity contribution in [2.45, 2.75) is 6.04 Å². The monoisotopic (exact) mass is 387 g/mol. The second-order valence-electron chi connectivity index (χ2n) is 5.16. The SMILES string of the molecule is Clc1ccc([C@H]2C=C(c3ccc(Br)cc3)Nc3nnnn32)cc1. The van der Waals surface area contributed by atoms with E-state index < -0.39 is 0 Å². The third-order valence-corrected chi connectivity index (χ3v) is 4.47. The van der Waals surface area contributed by atoms with Gasteiger partial charge in [0.2, 0.25) is 5.95 Å². The number of halogens is 2. The number of hydrogen-bond donors (Lipinski definition) is 1. The van der Waals surface area contributed by atoms with Gasteiger partial charge in [0.15, 0.2) is 0 Å². The van der Waals surface area contributed by atoms with Crippen molar-refractivity contribution in [2.75, 3.05) is 5.32 Å². The summed E-state index contributed by atoms with van der Waals surface area (Å²) in [5.41, 5.74) is 3.11.